The number of hydrogen-bond donors (Lipinski definition) is 2. The van der Waals surface area contributed by atoms with E-state index in [4.69, 9.17) is 9.15 Å². The van der Waals surface area contributed by atoms with Gasteiger partial charge in [-0.05, 0) is 43.3 Å². The Hall–Kier alpha value is -2.67. The molecule has 0 spiro atoms. The molecule has 0 saturated carbocycles. The van der Waals surface area contributed by atoms with E-state index in [1.807, 2.05) is 19.1 Å². The van der Waals surface area contributed by atoms with Gasteiger partial charge in [0, 0.05) is 22.4 Å². The van der Waals surface area contributed by atoms with E-state index in [0.29, 0.717) is 35.9 Å². The Morgan fingerprint density at radius 3 is 2.56 bits per heavy atom. The Morgan fingerprint density at radius 2 is 1.92 bits per heavy atom. The average Bonchev–Trinajstić information content (AvgIpc) is 3.06. The number of carbonyl (C=O) groups is 2. The molecule has 0 saturated heterocycles. The number of anilines is 1. The van der Waals surface area contributed by atoms with Crippen molar-refractivity contribution in [2.45, 2.75) is 13.5 Å². The highest BCUT2D eigenvalue weighted by Crippen LogP contribution is 2.17. The molecule has 25 heavy (non-hydrogen) atoms. The van der Waals surface area contributed by atoms with Gasteiger partial charge >= 0.3 is 0 Å². The van der Waals surface area contributed by atoms with E-state index in [9.17, 15) is 9.59 Å². The summed E-state index contributed by atoms with van der Waals surface area (Å²) >= 11 is 1.54. The van der Waals surface area contributed by atoms with Crippen LogP contribution in [0.4, 0.5) is 5.69 Å². The number of furan rings is 1. The lowest BCUT2D eigenvalue weighted by Crippen LogP contribution is -2.22. The van der Waals surface area contributed by atoms with Crippen molar-refractivity contribution in [3.05, 3.63) is 64.6 Å². The summed E-state index contributed by atoms with van der Waals surface area (Å²) in [6.07, 6.45) is 0. The standard InChI is InChI=1S/C18H18N2O4S/c1-12-2-7-15(24-12)10-19-17(21)13-3-5-14(6-4-13)20-18(22)16-11-25-9-8-23-16/h2-7,11H,8-10H2,1H3,(H,19,21)(H,20,22). The van der Waals surface area contributed by atoms with E-state index in [-0.39, 0.29) is 11.8 Å². The second kappa shape index (κ2) is 7.94. The van der Waals surface area contributed by atoms with Crippen LogP contribution in [0.2, 0.25) is 0 Å². The largest absolute Gasteiger partial charge is 0.487 e. The molecule has 3 rings (SSSR count). The van der Waals surface area contributed by atoms with E-state index in [2.05, 4.69) is 10.6 Å². The van der Waals surface area contributed by atoms with Gasteiger partial charge in [0.1, 0.15) is 11.5 Å². The molecule has 0 aliphatic carbocycles. The van der Waals surface area contributed by atoms with E-state index >= 15 is 0 Å². The molecule has 0 atom stereocenters. The lowest BCUT2D eigenvalue weighted by molar-refractivity contribution is -0.116. The van der Waals surface area contributed by atoms with Crippen molar-refractivity contribution < 1.29 is 18.7 Å². The van der Waals surface area contributed by atoms with E-state index in [1.165, 1.54) is 0 Å². The molecular weight excluding hydrogens is 340 g/mol. The molecule has 1 aromatic heterocycles. The van der Waals surface area contributed by atoms with Crippen LogP contribution in [0.1, 0.15) is 21.9 Å². The van der Waals surface area contributed by atoms with Crippen molar-refractivity contribution in [3.8, 4) is 0 Å². The zero-order chi connectivity index (χ0) is 17.6. The number of nitrogens with one attached hydrogen (secondary N) is 2. The molecule has 2 N–H and O–H groups in total. The molecule has 2 aromatic rings. The molecule has 0 fully saturated rings. The minimum atomic E-state index is -0.294. The predicted octanol–water partition coefficient (Wildman–Crippen LogP) is 3.06. The molecule has 2 heterocycles. The zero-order valence-electron chi connectivity index (χ0n) is 13.7. The normalized spacial score (nSPS) is 13.6. The maximum absolute atomic E-state index is 12.1. The van der Waals surface area contributed by atoms with Gasteiger partial charge in [-0.15, -0.1) is 11.8 Å². The van der Waals surface area contributed by atoms with Gasteiger partial charge in [0.15, 0.2) is 5.76 Å². The third kappa shape index (κ3) is 4.67. The number of aryl methyl sites for hydroxylation is 1. The number of hydrogen-bond acceptors (Lipinski definition) is 5. The highest BCUT2D eigenvalue weighted by Gasteiger charge is 2.14. The second-order valence-electron chi connectivity index (χ2n) is 5.43. The molecule has 0 bridgehead atoms. The SMILES string of the molecule is Cc1ccc(CNC(=O)c2ccc(NC(=O)C3=CSCCO3)cc2)o1. The molecule has 1 aliphatic heterocycles. The number of amides is 2. The van der Waals surface area contributed by atoms with Crippen molar-refractivity contribution in [2.75, 3.05) is 17.7 Å². The van der Waals surface area contributed by atoms with E-state index in [1.54, 1.807) is 41.4 Å². The van der Waals surface area contributed by atoms with Crippen LogP contribution in [0, 0.1) is 6.92 Å². The maximum Gasteiger partial charge on any atom is 0.291 e. The van der Waals surface area contributed by atoms with Crippen LogP contribution in [0.15, 0.2) is 52.0 Å². The third-order valence-corrected chi connectivity index (χ3v) is 4.28. The lowest BCUT2D eigenvalue weighted by atomic mass is 10.2. The topological polar surface area (TPSA) is 80.6 Å². The Bertz CT molecular complexity index is 796. The average molecular weight is 358 g/mol. The van der Waals surface area contributed by atoms with Gasteiger partial charge in [-0.3, -0.25) is 9.59 Å². The first-order valence-electron chi connectivity index (χ1n) is 7.81. The van der Waals surface area contributed by atoms with Crippen LogP contribution in [0.25, 0.3) is 0 Å². The third-order valence-electron chi connectivity index (χ3n) is 3.50. The summed E-state index contributed by atoms with van der Waals surface area (Å²) < 4.78 is 10.7. The number of rotatable bonds is 5. The molecular formula is C18H18N2O4S. The van der Waals surface area contributed by atoms with Crippen LogP contribution in [-0.4, -0.2) is 24.2 Å². The van der Waals surface area contributed by atoms with Crippen LogP contribution in [-0.2, 0) is 16.1 Å². The molecule has 6 nitrogen and oxygen atoms in total. The van der Waals surface area contributed by atoms with E-state index in [0.717, 1.165) is 11.5 Å². The lowest BCUT2D eigenvalue weighted by Gasteiger charge is -2.14. The van der Waals surface area contributed by atoms with Gasteiger partial charge in [-0.25, -0.2) is 0 Å². The van der Waals surface area contributed by atoms with Gasteiger partial charge in [0.2, 0.25) is 0 Å². The summed E-state index contributed by atoms with van der Waals surface area (Å²) in [6.45, 7) is 2.71. The molecule has 1 aromatic carbocycles. The Morgan fingerprint density at radius 1 is 1.12 bits per heavy atom. The molecule has 130 valence electrons. The first kappa shape index (κ1) is 17.2. The molecule has 1 aliphatic rings. The summed E-state index contributed by atoms with van der Waals surface area (Å²) in [6, 6.07) is 10.4. The molecule has 0 unspecified atom stereocenters. The zero-order valence-corrected chi connectivity index (χ0v) is 14.5. The molecule has 7 heteroatoms. The summed E-state index contributed by atoms with van der Waals surface area (Å²) in [5.41, 5.74) is 1.10. The first-order chi connectivity index (χ1) is 12.1. The van der Waals surface area contributed by atoms with Crippen molar-refractivity contribution in [3.63, 3.8) is 0 Å². The quantitative estimate of drug-likeness (QED) is 0.859. The summed E-state index contributed by atoms with van der Waals surface area (Å²) in [4.78, 5) is 24.2. The predicted molar refractivity (Wildman–Crippen MR) is 96.2 cm³/mol. The maximum atomic E-state index is 12.1. The number of benzene rings is 1. The Balaban J connectivity index is 1.55. The minimum absolute atomic E-state index is 0.207. The first-order valence-corrected chi connectivity index (χ1v) is 8.86. The Labute approximate surface area is 149 Å². The summed E-state index contributed by atoms with van der Waals surface area (Å²) in [7, 11) is 0. The van der Waals surface area contributed by atoms with Gasteiger partial charge in [-0.2, -0.15) is 0 Å². The second-order valence-corrected chi connectivity index (χ2v) is 6.41. The van der Waals surface area contributed by atoms with Gasteiger partial charge in [0.25, 0.3) is 11.8 Å². The highest BCUT2D eigenvalue weighted by molar-refractivity contribution is 8.02. The number of thioether (sulfide) groups is 1. The van der Waals surface area contributed by atoms with Crippen LogP contribution in [0.5, 0.6) is 0 Å². The van der Waals surface area contributed by atoms with Gasteiger partial charge in [-0.1, -0.05) is 0 Å². The summed E-state index contributed by atoms with van der Waals surface area (Å²) in [5.74, 6) is 2.16. The van der Waals surface area contributed by atoms with Gasteiger partial charge < -0.3 is 19.8 Å². The van der Waals surface area contributed by atoms with Crippen molar-refractivity contribution in [2.24, 2.45) is 0 Å². The molecule has 0 radical (unpaired) electrons. The summed E-state index contributed by atoms with van der Waals surface area (Å²) in [5, 5.41) is 7.24. The molecule has 2 amide bonds. The van der Waals surface area contributed by atoms with E-state index < -0.39 is 0 Å². The number of ether oxygens (including phenoxy) is 1. The van der Waals surface area contributed by atoms with Gasteiger partial charge in [0.05, 0.1) is 13.2 Å². The van der Waals surface area contributed by atoms with Crippen molar-refractivity contribution in [1.82, 2.24) is 5.32 Å². The monoisotopic (exact) mass is 358 g/mol. The fourth-order valence-corrected chi connectivity index (χ4v) is 2.86. The van der Waals surface area contributed by atoms with Crippen LogP contribution in [0.3, 0.4) is 0 Å². The Kier molecular flexibility index (Phi) is 5.45. The van der Waals surface area contributed by atoms with Crippen LogP contribution < -0.4 is 10.6 Å². The fraction of sp³-hybridized carbons (Fsp3) is 0.222. The smallest absolute Gasteiger partial charge is 0.291 e. The van der Waals surface area contributed by atoms with Crippen LogP contribution >= 0.6 is 11.8 Å². The minimum Gasteiger partial charge on any atom is -0.487 e. The highest BCUT2D eigenvalue weighted by atomic mass is 32.2. The van der Waals surface area contributed by atoms with Crippen molar-refractivity contribution in [1.29, 1.82) is 0 Å². The fourth-order valence-electron chi connectivity index (χ4n) is 2.23. The number of carbonyl (C=O) groups excluding carboxylic acids is 2. The van der Waals surface area contributed by atoms with Crippen molar-refractivity contribution >= 4 is 29.3 Å².